The number of hydrogen-bond acceptors (Lipinski definition) is 4. The summed E-state index contributed by atoms with van der Waals surface area (Å²) in [6.07, 6.45) is 5.28. The first kappa shape index (κ1) is 13.5. The van der Waals surface area contributed by atoms with E-state index < -0.39 is 5.82 Å². The van der Waals surface area contributed by atoms with E-state index in [1.165, 1.54) is 30.6 Å². The fourth-order valence-electron chi connectivity index (χ4n) is 2.29. The minimum atomic E-state index is -0.395. The average Bonchev–Trinajstić information content (AvgIpc) is 3.01. The van der Waals surface area contributed by atoms with Crippen LogP contribution < -0.4 is 10.2 Å². The predicted octanol–water partition coefficient (Wildman–Crippen LogP) is 2.47. The van der Waals surface area contributed by atoms with Gasteiger partial charge in [-0.1, -0.05) is 6.07 Å². The van der Waals surface area contributed by atoms with Gasteiger partial charge in [-0.2, -0.15) is 0 Å². The lowest BCUT2D eigenvalue weighted by Gasteiger charge is -2.14. The number of halogens is 1. The van der Waals surface area contributed by atoms with Gasteiger partial charge in [-0.15, -0.1) is 0 Å². The molecule has 1 saturated heterocycles. The lowest BCUT2D eigenvalue weighted by Crippen LogP contribution is -2.21. The van der Waals surface area contributed by atoms with Gasteiger partial charge < -0.3 is 10.2 Å². The summed E-state index contributed by atoms with van der Waals surface area (Å²) in [4.78, 5) is 22.6. The van der Waals surface area contributed by atoms with Crippen LogP contribution in [0.4, 0.5) is 16.0 Å². The first-order valence-electron chi connectivity index (χ1n) is 6.86. The van der Waals surface area contributed by atoms with Gasteiger partial charge in [0.05, 0.1) is 5.56 Å². The molecule has 0 aliphatic carbocycles. The van der Waals surface area contributed by atoms with Crippen molar-refractivity contribution in [3.8, 4) is 0 Å². The maximum absolute atomic E-state index is 13.1. The van der Waals surface area contributed by atoms with Gasteiger partial charge in [0.1, 0.15) is 5.82 Å². The van der Waals surface area contributed by atoms with Crippen LogP contribution in [-0.2, 0) is 0 Å². The molecular formula is C15H15FN4O. The molecule has 1 fully saturated rings. The molecule has 1 amide bonds. The number of aromatic nitrogens is 2. The van der Waals surface area contributed by atoms with E-state index in [1.807, 2.05) is 0 Å². The lowest BCUT2D eigenvalue weighted by atomic mass is 10.2. The Balaban J connectivity index is 1.70. The standard InChI is InChI=1S/C15H15FN4O/c16-12-4-3-5-13(8-12)19-14(21)11-9-17-15(18-10-11)20-6-1-2-7-20/h3-5,8-10H,1-2,6-7H2,(H,19,21). The molecule has 1 aliphatic rings. The van der Waals surface area contributed by atoms with Crippen LogP contribution in [0.3, 0.4) is 0 Å². The number of benzene rings is 1. The number of carbonyl (C=O) groups excluding carboxylic acids is 1. The molecule has 21 heavy (non-hydrogen) atoms. The van der Waals surface area contributed by atoms with E-state index in [1.54, 1.807) is 6.07 Å². The topological polar surface area (TPSA) is 58.1 Å². The molecule has 0 unspecified atom stereocenters. The van der Waals surface area contributed by atoms with E-state index in [0.717, 1.165) is 25.9 Å². The van der Waals surface area contributed by atoms with Crippen molar-refractivity contribution in [2.24, 2.45) is 0 Å². The second-order valence-corrected chi connectivity index (χ2v) is 4.93. The number of rotatable bonds is 3. The second kappa shape index (κ2) is 5.87. The van der Waals surface area contributed by atoms with Crippen molar-refractivity contribution >= 4 is 17.5 Å². The van der Waals surface area contributed by atoms with E-state index in [-0.39, 0.29) is 5.91 Å². The Bertz CT molecular complexity index is 638. The molecule has 0 bridgehead atoms. The van der Waals surface area contributed by atoms with Crippen LogP contribution in [0.2, 0.25) is 0 Å². The van der Waals surface area contributed by atoms with Gasteiger partial charge in [-0.05, 0) is 31.0 Å². The molecule has 1 N–H and O–H groups in total. The van der Waals surface area contributed by atoms with Gasteiger partial charge in [0.15, 0.2) is 0 Å². The Morgan fingerprint density at radius 3 is 2.57 bits per heavy atom. The van der Waals surface area contributed by atoms with Gasteiger partial charge in [-0.25, -0.2) is 14.4 Å². The van der Waals surface area contributed by atoms with Crippen molar-refractivity contribution in [1.29, 1.82) is 0 Å². The van der Waals surface area contributed by atoms with E-state index in [0.29, 0.717) is 17.2 Å². The number of anilines is 2. The van der Waals surface area contributed by atoms with Gasteiger partial charge >= 0.3 is 0 Å². The molecule has 3 rings (SSSR count). The monoisotopic (exact) mass is 286 g/mol. The minimum Gasteiger partial charge on any atom is -0.341 e. The zero-order valence-corrected chi connectivity index (χ0v) is 11.4. The molecule has 1 aromatic carbocycles. The Kier molecular flexibility index (Phi) is 3.77. The van der Waals surface area contributed by atoms with Crippen molar-refractivity contribution in [1.82, 2.24) is 9.97 Å². The summed E-state index contributed by atoms with van der Waals surface area (Å²) < 4.78 is 13.1. The number of nitrogens with one attached hydrogen (secondary N) is 1. The highest BCUT2D eigenvalue weighted by molar-refractivity contribution is 6.03. The highest BCUT2D eigenvalue weighted by atomic mass is 19.1. The molecule has 0 atom stereocenters. The van der Waals surface area contributed by atoms with E-state index >= 15 is 0 Å². The fourth-order valence-corrected chi connectivity index (χ4v) is 2.29. The zero-order chi connectivity index (χ0) is 14.7. The van der Waals surface area contributed by atoms with Crippen molar-refractivity contribution in [2.45, 2.75) is 12.8 Å². The molecular weight excluding hydrogens is 271 g/mol. The molecule has 1 aromatic heterocycles. The van der Waals surface area contributed by atoms with Crippen LogP contribution in [0, 0.1) is 5.82 Å². The summed E-state index contributed by atoms with van der Waals surface area (Å²) in [7, 11) is 0. The Hall–Kier alpha value is -2.50. The molecule has 2 aromatic rings. The van der Waals surface area contributed by atoms with Gasteiger partial charge in [0.25, 0.3) is 5.91 Å². The van der Waals surface area contributed by atoms with Crippen LogP contribution in [-0.4, -0.2) is 29.0 Å². The number of nitrogens with zero attached hydrogens (tertiary/aromatic N) is 3. The van der Waals surface area contributed by atoms with Crippen LogP contribution in [0.25, 0.3) is 0 Å². The highest BCUT2D eigenvalue weighted by Gasteiger charge is 2.15. The third-order valence-corrected chi connectivity index (χ3v) is 3.37. The molecule has 0 spiro atoms. The Labute approximate surface area is 121 Å². The summed E-state index contributed by atoms with van der Waals surface area (Å²) in [6.45, 7) is 1.91. The lowest BCUT2D eigenvalue weighted by molar-refractivity contribution is 0.102. The summed E-state index contributed by atoms with van der Waals surface area (Å²) in [5, 5.41) is 2.62. The number of amides is 1. The van der Waals surface area contributed by atoms with Crippen molar-refractivity contribution in [3.63, 3.8) is 0 Å². The van der Waals surface area contributed by atoms with Crippen LogP contribution >= 0.6 is 0 Å². The molecule has 2 heterocycles. The maximum atomic E-state index is 13.1. The molecule has 108 valence electrons. The van der Waals surface area contributed by atoms with Crippen molar-refractivity contribution in [2.75, 3.05) is 23.3 Å². The van der Waals surface area contributed by atoms with Gasteiger partial charge in [0.2, 0.25) is 5.95 Å². The SMILES string of the molecule is O=C(Nc1cccc(F)c1)c1cnc(N2CCCC2)nc1. The fraction of sp³-hybridized carbons (Fsp3) is 0.267. The van der Waals surface area contributed by atoms with E-state index in [4.69, 9.17) is 0 Å². The van der Waals surface area contributed by atoms with Gasteiger partial charge in [-0.3, -0.25) is 4.79 Å². The molecule has 6 heteroatoms. The smallest absolute Gasteiger partial charge is 0.258 e. The average molecular weight is 286 g/mol. The highest BCUT2D eigenvalue weighted by Crippen LogP contribution is 2.15. The number of carbonyl (C=O) groups is 1. The normalized spacial score (nSPS) is 14.2. The minimum absolute atomic E-state index is 0.349. The summed E-state index contributed by atoms with van der Waals surface area (Å²) in [5.41, 5.74) is 0.755. The first-order valence-corrected chi connectivity index (χ1v) is 6.86. The summed E-state index contributed by atoms with van der Waals surface area (Å²) in [5.74, 6) is -0.100. The molecule has 0 saturated carbocycles. The van der Waals surface area contributed by atoms with Crippen LogP contribution in [0.5, 0.6) is 0 Å². The Morgan fingerprint density at radius 1 is 1.19 bits per heavy atom. The second-order valence-electron chi connectivity index (χ2n) is 4.93. The third kappa shape index (κ3) is 3.16. The van der Waals surface area contributed by atoms with Crippen LogP contribution in [0.1, 0.15) is 23.2 Å². The van der Waals surface area contributed by atoms with Crippen molar-refractivity contribution < 1.29 is 9.18 Å². The van der Waals surface area contributed by atoms with Crippen molar-refractivity contribution in [3.05, 3.63) is 48.0 Å². The first-order chi connectivity index (χ1) is 10.2. The molecule has 1 aliphatic heterocycles. The molecule has 5 nitrogen and oxygen atoms in total. The largest absolute Gasteiger partial charge is 0.341 e. The van der Waals surface area contributed by atoms with E-state index in [9.17, 15) is 9.18 Å². The summed E-state index contributed by atoms with van der Waals surface area (Å²) >= 11 is 0. The number of hydrogen-bond donors (Lipinski definition) is 1. The third-order valence-electron chi connectivity index (χ3n) is 3.37. The predicted molar refractivity (Wildman–Crippen MR) is 77.8 cm³/mol. The summed E-state index contributed by atoms with van der Waals surface area (Å²) in [6, 6.07) is 5.75. The van der Waals surface area contributed by atoms with Crippen LogP contribution in [0.15, 0.2) is 36.7 Å². The van der Waals surface area contributed by atoms with Gasteiger partial charge in [0, 0.05) is 31.2 Å². The zero-order valence-electron chi connectivity index (χ0n) is 11.4. The quantitative estimate of drug-likeness (QED) is 0.941. The maximum Gasteiger partial charge on any atom is 0.258 e. The Morgan fingerprint density at radius 2 is 1.90 bits per heavy atom. The van der Waals surface area contributed by atoms with E-state index in [2.05, 4.69) is 20.2 Å². The molecule has 0 radical (unpaired) electrons.